The molecule has 2 aliphatic rings. The molecule has 1 amide bonds. The van der Waals surface area contributed by atoms with Crippen molar-refractivity contribution in [2.45, 2.75) is 38.1 Å². The summed E-state index contributed by atoms with van der Waals surface area (Å²) in [7, 11) is 1.36. The highest BCUT2D eigenvalue weighted by Crippen LogP contribution is 2.20. The van der Waals surface area contributed by atoms with E-state index in [9.17, 15) is 9.59 Å². The lowest BCUT2D eigenvalue weighted by atomic mass is 10.0. The van der Waals surface area contributed by atoms with Gasteiger partial charge in [-0.1, -0.05) is 0 Å². The zero-order chi connectivity index (χ0) is 15.1. The molecule has 2 heterocycles. The number of amides is 1. The van der Waals surface area contributed by atoms with E-state index in [0.717, 1.165) is 19.5 Å². The quantitative estimate of drug-likeness (QED) is 0.711. The highest BCUT2D eigenvalue weighted by molar-refractivity contribution is 5.78. The predicted octanol–water partition coefficient (Wildman–Crippen LogP) is 0.226. The number of nitrogens with zero attached hydrogens (tertiary/aromatic N) is 2. The second-order valence-corrected chi connectivity index (χ2v) is 5.95. The van der Waals surface area contributed by atoms with Gasteiger partial charge in [0.2, 0.25) is 5.91 Å². The number of carbonyl (C=O) groups is 2. The molecule has 0 aliphatic carbocycles. The molecule has 2 saturated heterocycles. The lowest BCUT2D eigenvalue weighted by Crippen LogP contribution is -2.49. The van der Waals surface area contributed by atoms with Gasteiger partial charge in [0.05, 0.1) is 20.1 Å². The lowest BCUT2D eigenvalue weighted by Gasteiger charge is -2.37. The Morgan fingerprint density at radius 2 is 1.95 bits per heavy atom. The van der Waals surface area contributed by atoms with Crippen LogP contribution in [0, 0.1) is 0 Å². The van der Waals surface area contributed by atoms with Crippen LogP contribution in [0.25, 0.3) is 0 Å². The normalized spacial score (nSPS) is 24.0. The van der Waals surface area contributed by atoms with Gasteiger partial charge in [-0.05, 0) is 45.3 Å². The molecule has 6 heteroatoms. The third-order valence-electron chi connectivity index (χ3n) is 4.38. The standard InChI is InChI=1S/C15H27N3O3/c1-21-15(20)6-7-16-14(19)12-17-8-4-5-13(11-17)18-9-2-3-10-18/h13H,2-12H2,1H3,(H,16,19). The van der Waals surface area contributed by atoms with Gasteiger partial charge in [0.25, 0.3) is 0 Å². The van der Waals surface area contributed by atoms with E-state index in [2.05, 4.69) is 19.9 Å². The molecule has 2 rings (SSSR count). The molecule has 21 heavy (non-hydrogen) atoms. The summed E-state index contributed by atoms with van der Waals surface area (Å²) in [5.41, 5.74) is 0. The molecule has 0 spiro atoms. The summed E-state index contributed by atoms with van der Waals surface area (Å²) >= 11 is 0. The Morgan fingerprint density at radius 1 is 1.19 bits per heavy atom. The largest absolute Gasteiger partial charge is 0.469 e. The molecule has 1 atom stereocenters. The van der Waals surface area contributed by atoms with Crippen LogP contribution in [0.15, 0.2) is 0 Å². The van der Waals surface area contributed by atoms with E-state index in [1.54, 1.807) is 0 Å². The van der Waals surface area contributed by atoms with E-state index < -0.39 is 0 Å². The number of likely N-dealkylation sites (tertiary alicyclic amines) is 2. The van der Waals surface area contributed by atoms with Gasteiger partial charge in [-0.15, -0.1) is 0 Å². The van der Waals surface area contributed by atoms with Gasteiger partial charge in [-0.2, -0.15) is 0 Å². The molecular weight excluding hydrogens is 270 g/mol. The van der Waals surface area contributed by atoms with Crippen molar-refractivity contribution in [1.82, 2.24) is 15.1 Å². The monoisotopic (exact) mass is 297 g/mol. The molecule has 0 bridgehead atoms. The highest BCUT2D eigenvalue weighted by Gasteiger charge is 2.27. The molecule has 2 fully saturated rings. The summed E-state index contributed by atoms with van der Waals surface area (Å²) in [6.07, 6.45) is 5.27. The first kappa shape index (κ1) is 16.2. The Bertz CT molecular complexity index is 356. The van der Waals surface area contributed by atoms with Crippen LogP contribution in [0.2, 0.25) is 0 Å². The summed E-state index contributed by atoms with van der Waals surface area (Å²) in [5.74, 6) is -0.289. The molecule has 120 valence electrons. The number of ether oxygens (including phenoxy) is 1. The number of rotatable bonds is 6. The van der Waals surface area contributed by atoms with Crippen molar-refractivity contribution in [2.75, 3.05) is 46.4 Å². The number of methoxy groups -OCH3 is 1. The molecule has 0 radical (unpaired) electrons. The molecule has 2 aliphatic heterocycles. The van der Waals surface area contributed by atoms with Crippen LogP contribution in [-0.2, 0) is 14.3 Å². The highest BCUT2D eigenvalue weighted by atomic mass is 16.5. The molecule has 0 aromatic heterocycles. The fourth-order valence-electron chi connectivity index (χ4n) is 3.24. The first-order valence-corrected chi connectivity index (χ1v) is 7.99. The minimum atomic E-state index is -0.289. The first-order chi connectivity index (χ1) is 10.2. The van der Waals surface area contributed by atoms with Crippen molar-refractivity contribution in [3.63, 3.8) is 0 Å². The maximum Gasteiger partial charge on any atom is 0.307 e. The van der Waals surface area contributed by atoms with Crippen molar-refractivity contribution in [3.8, 4) is 0 Å². The van der Waals surface area contributed by atoms with E-state index in [1.165, 1.54) is 39.5 Å². The number of esters is 1. The fourth-order valence-corrected chi connectivity index (χ4v) is 3.24. The maximum absolute atomic E-state index is 11.9. The van der Waals surface area contributed by atoms with Crippen LogP contribution in [0.4, 0.5) is 0 Å². The van der Waals surface area contributed by atoms with E-state index >= 15 is 0 Å². The van der Waals surface area contributed by atoms with Crippen molar-refractivity contribution in [1.29, 1.82) is 0 Å². The smallest absolute Gasteiger partial charge is 0.307 e. The molecule has 1 N–H and O–H groups in total. The van der Waals surface area contributed by atoms with Crippen molar-refractivity contribution < 1.29 is 14.3 Å². The average molecular weight is 297 g/mol. The van der Waals surface area contributed by atoms with E-state index in [0.29, 0.717) is 19.1 Å². The van der Waals surface area contributed by atoms with Crippen molar-refractivity contribution in [2.24, 2.45) is 0 Å². The topological polar surface area (TPSA) is 61.9 Å². The summed E-state index contributed by atoms with van der Waals surface area (Å²) in [6, 6.07) is 0.615. The minimum Gasteiger partial charge on any atom is -0.469 e. The Labute approximate surface area is 126 Å². The SMILES string of the molecule is COC(=O)CCNC(=O)CN1CCCC(N2CCCC2)C1. The number of carbonyl (C=O) groups excluding carboxylic acids is 2. The third-order valence-corrected chi connectivity index (χ3v) is 4.38. The Morgan fingerprint density at radius 3 is 2.67 bits per heavy atom. The van der Waals surface area contributed by atoms with Gasteiger partial charge >= 0.3 is 5.97 Å². The molecule has 0 aromatic carbocycles. The zero-order valence-corrected chi connectivity index (χ0v) is 13.0. The van der Waals surface area contributed by atoms with Gasteiger partial charge in [-0.25, -0.2) is 0 Å². The van der Waals surface area contributed by atoms with Gasteiger partial charge in [0, 0.05) is 19.1 Å². The van der Waals surface area contributed by atoms with Crippen molar-refractivity contribution >= 4 is 11.9 Å². The van der Waals surface area contributed by atoms with Gasteiger partial charge < -0.3 is 10.1 Å². The lowest BCUT2D eigenvalue weighted by molar-refractivity contribution is -0.140. The summed E-state index contributed by atoms with van der Waals surface area (Å²) in [5, 5.41) is 2.78. The van der Waals surface area contributed by atoms with E-state index in [1.807, 2.05) is 0 Å². The van der Waals surface area contributed by atoms with Gasteiger partial charge in [0.15, 0.2) is 0 Å². The molecule has 0 aromatic rings. The van der Waals surface area contributed by atoms with Gasteiger partial charge in [0.1, 0.15) is 0 Å². The Hall–Kier alpha value is -1.14. The molecular formula is C15H27N3O3. The summed E-state index contributed by atoms with van der Waals surface area (Å²) in [4.78, 5) is 27.7. The summed E-state index contributed by atoms with van der Waals surface area (Å²) < 4.78 is 4.55. The fraction of sp³-hybridized carbons (Fsp3) is 0.867. The van der Waals surface area contributed by atoms with Crippen LogP contribution in [0.1, 0.15) is 32.1 Å². The Kier molecular flexibility index (Phi) is 6.45. The van der Waals surface area contributed by atoms with Crippen LogP contribution in [0.5, 0.6) is 0 Å². The second kappa shape index (κ2) is 8.34. The van der Waals surface area contributed by atoms with Crippen LogP contribution in [-0.4, -0.2) is 74.1 Å². The Balaban J connectivity index is 1.66. The minimum absolute atomic E-state index is 0.000903. The van der Waals surface area contributed by atoms with Gasteiger partial charge in [-0.3, -0.25) is 19.4 Å². The summed E-state index contributed by atoms with van der Waals surface area (Å²) in [6.45, 7) is 5.20. The molecule has 0 saturated carbocycles. The number of hydrogen-bond donors (Lipinski definition) is 1. The maximum atomic E-state index is 11.9. The number of hydrogen-bond acceptors (Lipinski definition) is 5. The van der Waals surface area contributed by atoms with E-state index in [-0.39, 0.29) is 18.3 Å². The first-order valence-electron chi connectivity index (χ1n) is 7.99. The predicted molar refractivity (Wildman–Crippen MR) is 79.9 cm³/mol. The number of piperidine rings is 1. The average Bonchev–Trinajstić information content (AvgIpc) is 3.01. The van der Waals surface area contributed by atoms with Crippen LogP contribution < -0.4 is 5.32 Å². The third kappa shape index (κ3) is 5.28. The number of nitrogens with one attached hydrogen (secondary N) is 1. The molecule has 6 nitrogen and oxygen atoms in total. The van der Waals surface area contributed by atoms with Crippen LogP contribution >= 0.6 is 0 Å². The zero-order valence-electron chi connectivity index (χ0n) is 13.0. The van der Waals surface area contributed by atoms with Crippen molar-refractivity contribution in [3.05, 3.63) is 0 Å². The molecule has 1 unspecified atom stereocenters. The van der Waals surface area contributed by atoms with E-state index in [4.69, 9.17) is 0 Å². The van der Waals surface area contributed by atoms with Crippen LogP contribution in [0.3, 0.4) is 0 Å². The second-order valence-electron chi connectivity index (χ2n) is 5.95.